The van der Waals surface area contributed by atoms with Crippen molar-refractivity contribution in [3.63, 3.8) is 0 Å². The highest BCUT2D eigenvalue weighted by molar-refractivity contribution is 7.08. The molecule has 2 aromatic heterocycles. The van der Waals surface area contributed by atoms with Gasteiger partial charge in [-0.15, -0.1) is 0 Å². The highest BCUT2D eigenvalue weighted by Crippen LogP contribution is 2.33. The summed E-state index contributed by atoms with van der Waals surface area (Å²) in [6.07, 6.45) is 2.54. The summed E-state index contributed by atoms with van der Waals surface area (Å²) in [5.41, 5.74) is 4.82. The van der Waals surface area contributed by atoms with Gasteiger partial charge in [0.05, 0.1) is 22.5 Å². The van der Waals surface area contributed by atoms with Crippen molar-refractivity contribution in [1.29, 1.82) is 0 Å². The summed E-state index contributed by atoms with van der Waals surface area (Å²) < 4.78 is 0. The number of benzene rings is 2. The Hall–Kier alpha value is -3.42. The van der Waals surface area contributed by atoms with E-state index >= 15 is 0 Å². The second kappa shape index (κ2) is 8.61. The summed E-state index contributed by atoms with van der Waals surface area (Å²) in [5.74, 6) is -1.04. The fraction of sp³-hybridized carbons (Fsp3) is 0.200. The summed E-state index contributed by atoms with van der Waals surface area (Å²) >= 11 is 1.54. The van der Waals surface area contributed by atoms with Gasteiger partial charge in [-0.05, 0) is 73.3 Å². The second-order valence-corrected chi connectivity index (χ2v) is 8.82. The molecule has 1 saturated heterocycles. The standard InChI is InChI=1S/C25H23N3O3S/c29-24-22(20-13-17(25(30)31)5-8-21(20)27-24)23(18-9-12-32-15-18)26-19-6-3-16(4-7-19)14-28-10-1-2-11-28/h3-9,12-13,15,27,29H,1-2,10-11,14H2,(H,30,31). The van der Waals surface area contributed by atoms with Gasteiger partial charge in [0.15, 0.2) is 5.88 Å². The van der Waals surface area contributed by atoms with E-state index < -0.39 is 5.97 Å². The maximum Gasteiger partial charge on any atom is 0.335 e. The molecule has 1 aliphatic rings. The first-order valence-electron chi connectivity index (χ1n) is 10.6. The maximum atomic E-state index is 11.5. The number of aromatic nitrogens is 1. The monoisotopic (exact) mass is 445 g/mol. The molecule has 0 saturated carbocycles. The van der Waals surface area contributed by atoms with Crippen LogP contribution in [0.4, 0.5) is 5.69 Å². The van der Waals surface area contributed by atoms with Crippen molar-refractivity contribution in [2.75, 3.05) is 13.1 Å². The number of carboxylic acids is 1. The van der Waals surface area contributed by atoms with Crippen LogP contribution in [0.2, 0.25) is 0 Å². The minimum Gasteiger partial charge on any atom is -0.494 e. The van der Waals surface area contributed by atoms with Crippen LogP contribution in [0.25, 0.3) is 10.9 Å². The molecule has 0 spiro atoms. The highest BCUT2D eigenvalue weighted by atomic mass is 32.1. The lowest BCUT2D eigenvalue weighted by Gasteiger charge is -2.14. The van der Waals surface area contributed by atoms with Crippen molar-refractivity contribution >= 4 is 39.6 Å². The number of carbonyl (C=O) groups is 1. The molecule has 32 heavy (non-hydrogen) atoms. The second-order valence-electron chi connectivity index (χ2n) is 8.04. The number of H-pyrrole nitrogens is 1. The zero-order valence-corrected chi connectivity index (χ0v) is 18.2. The molecule has 0 aliphatic carbocycles. The lowest BCUT2D eigenvalue weighted by molar-refractivity contribution is 0.0697. The van der Waals surface area contributed by atoms with E-state index in [0.717, 1.165) is 30.9 Å². The van der Waals surface area contributed by atoms with Gasteiger partial charge >= 0.3 is 5.97 Å². The molecule has 6 nitrogen and oxygen atoms in total. The SMILES string of the molecule is O=C(O)c1ccc2[nH]c(O)c(C(=Nc3ccc(CN4CCCC4)cc3)c3ccsc3)c2c1. The van der Waals surface area contributed by atoms with E-state index in [4.69, 9.17) is 4.99 Å². The molecule has 1 aliphatic heterocycles. The van der Waals surface area contributed by atoms with Crippen molar-refractivity contribution in [2.24, 2.45) is 4.99 Å². The number of nitrogens with zero attached hydrogens (tertiary/aromatic N) is 2. The van der Waals surface area contributed by atoms with Crippen molar-refractivity contribution in [3.05, 3.63) is 81.5 Å². The van der Waals surface area contributed by atoms with Crippen LogP contribution in [-0.4, -0.2) is 44.9 Å². The number of aromatic amines is 1. The van der Waals surface area contributed by atoms with E-state index in [1.165, 1.54) is 24.5 Å². The molecule has 162 valence electrons. The lowest BCUT2D eigenvalue weighted by atomic mass is 10.0. The minimum atomic E-state index is -1.01. The van der Waals surface area contributed by atoms with Gasteiger partial charge in [0, 0.05) is 28.4 Å². The number of carboxylic acid groups (broad SMARTS) is 1. The van der Waals surface area contributed by atoms with Gasteiger partial charge in [-0.2, -0.15) is 11.3 Å². The van der Waals surface area contributed by atoms with E-state index in [9.17, 15) is 15.0 Å². The predicted octanol–water partition coefficient (Wildman–Crippen LogP) is 5.40. The van der Waals surface area contributed by atoms with E-state index in [1.807, 2.05) is 29.0 Å². The van der Waals surface area contributed by atoms with E-state index in [0.29, 0.717) is 22.2 Å². The Labute approximate surface area is 189 Å². The van der Waals surface area contributed by atoms with Crippen LogP contribution in [0.15, 0.2) is 64.3 Å². The molecule has 0 bridgehead atoms. The Balaban J connectivity index is 1.57. The average Bonchev–Trinajstić information content (AvgIpc) is 3.54. The first-order chi connectivity index (χ1) is 15.6. The van der Waals surface area contributed by atoms with Gasteiger partial charge in [-0.1, -0.05) is 12.1 Å². The third-order valence-corrected chi connectivity index (χ3v) is 6.52. The molecule has 7 heteroatoms. The van der Waals surface area contributed by atoms with Crippen molar-refractivity contribution in [2.45, 2.75) is 19.4 Å². The molecule has 0 radical (unpaired) electrons. The molecule has 1 fully saturated rings. The van der Waals surface area contributed by atoms with Crippen LogP contribution < -0.4 is 0 Å². The fourth-order valence-electron chi connectivity index (χ4n) is 4.22. The Morgan fingerprint density at radius 1 is 1.06 bits per heavy atom. The largest absolute Gasteiger partial charge is 0.494 e. The number of nitrogens with one attached hydrogen (secondary N) is 1. The maximum absolute atomic E-state index is 11.5. The van der Waals surface area contributed by atoms with Crippen molar-refractivity contribution in [3.8, 4) is 5.88 Å². The molecule has 2 aromatic carbocycles. The third-order valence-electron chi connectivity index (χ3n) is 5.84. The molecule has 0 atom stereocenters. The third kappa shape index (κ3) is 4.04. The number of likely N-dealkylation sites (tertiary alicyclic amines) is 1. The zero-order valence-electron chi connectivity index (χ0n) is 17.4. The number of aliphatic imine (C=N–C) groups is 1. The molecule has 5 rings (SSSR count). The van der Waals surface area contributed by atoms with Crippen LogP contribution in [0.3, 0.4) is 0 Å². The van der Waals surface area contributed by atoms with Crippen LogP contribution in [0, 0.1) is 0 Å². The van der Waals surface area contributed by atoms with Gasteiger partial charge in [0.25, 0.3) is 0 Å². The minimum absolute atomic E-state index is 0.0295. The van der Waals surface area contributed by atoms with Gasteiger partial charge in [0.2, 0.25) is 0 Å². The number of thiophene rings is 1. The first-order valence-corrected chi connectivity index (χ1v) is 11.5. The van der Waals surface area contributed by atoms with Crippen LogP contribution >= 0.6 is 11.3 Å². The lowest BCUT2D eigenvalue weighted by Crippen LogP contribution is -2.18. The predicted molar refractivity (Wildman–Crippen MR) is 127 cm³/mol. The Morgan fingerprint density at radius 2 is 1.84 bits per heavy atom. The van der Waals surface area contributed by atoms with E-state index in [2.05, 4.69) is 22.0 Å². The molecule has 3 N–H and O–H groups in total. The number of aromatic hydroxyl groups is 1. The normalized spacial score (nSPS) is 14.9. The topological polar surface area (TPSA) is 88.9 Å². The van der Waals surface area contributed by atoms with Gasteiger partial charge in [-0.25, -0.2) is 9.79 Å². The summed E-state index contributed by atoms with van der Waals surface area (Å²) in [6, 6.07) is 14.9. The Morgan fingerprint density at radius 3 is 2.53 bits per heavy atom. The first kappa shape index (κ1) is 20.5. The van der Waals surface area contributed by atoms with Gasteiger partial charge in [0.1, 0.15) is 0 Å². The molecule has 4 aromatic rings. The summed E-state index contributed by atoms with van der Waals surface area (Å²) in [5, 5.41) is 24.7. The summed E-state index contributed by atoms with van der Waals surface area (Å²) in [4.78, 5) is 21.8. The summed E-state index contributed by atoms with van der Waals surface area (Å²) in [6.45, 7) is 3.25. The van der Waals surface area contributed by atoms with Crippen LogP contribution in [0.1, 0.15) is 39.9 Å². The van der Waals surface area contributed by atoms with E-state index in [1.54, 1.807) is 23.5 Å². The molecule has 3 heterocycles. The number of rotatable bonds is 6. The van der Waals surface area contributed by atoms with Crippen molar-refractivity contribution in [1.82, 2.24) is 9.88 Å². The van der Waals surface area contributed by atoms with Crippen LogP contribution in [-0.2, 0) is 6.54 Å². The van der Waals surface area contributed by atoms with Crippen LogP contribution in [0.5, 0.6) is 5.88 Å². The molecule has 0 amide bonds. The van der Waals surface area contributed by atoms with Gasteiger partial charge in [-0.3, -0.25) is 4.90 Å². The quantitative estimate of drug-likeness (QED) is 0.347. The number of hydrogen-bond donors (Lipinski definition) is 3. The van der Waals surface area contributed by atoms with Gasteiger partial charge < -0.3 is 15.2 Å². The van der Waals surface area contributed by atoms with Crippen molar-refractivity contribution < 1.29 is 15.0 Å². The number of fused-ring (bicyclic) bond motifs is 1. The smallest absolute Gasteiger partial charge is 0.335 e. The molecular formula is C25H23N3O3S. The number of aromatic carboxylic acids is 1. The fourth-order valence-corrected chi connectivity index (χ4v) is 4.86. The Kier molecular flexibility index (Phi) is 5.51. The summed E-state index contributed by atoms with van der Waals surface area (Å²) in [7, 11) is 0. The highest BCUT2D eigenvalue weighted by Gasteiger charge is 2.20. The molecular weight excluding hydrogens is 422 g/mol. The Bertz CT molecular complexity index is 1280. The van der Waals surface area contributed by atoms with E-state index in [-0.39, 0.29) is 11.4 Å². The number of hydrogen-bond acceptors (Lipinski definition) is 5. The zero-order chi connectivity index (χ0) is 22.1. The average molecular weight is 446 g/mol. The molecule has 0 unspecified atom stereocenters.